The van der Waals surface area contributed by atoms with Crippen molar-refractivity contribution < 1.29 is 37.8 Å². The van der Waals surface area contributed by atoms with Crippen LogP contribution in [0.15, 0.2) is 91.5 Å². The highest BCUT2D eigenvalue weighted by molar-refractivity contribution is 9.11. The van der Waals surface area contributed by atoms with Gasteiger partial charge in [-0.25, -0.2) is 10.2 Å². The molecule has 3 aromatic carbocycles. The zero-order chi connectivity index (χ0) is 30.2. The quantitative estimate of drug-likeness (QED) is 0.0941. The Hall–Kier alpha value is -4.75. The summed E-state index contributed by atoms with van der Waals surface area (Å²) in [7, 11) is 1.39. The summed E-state index contributed by atoms with van der Waals surface area (Å²) < 4.78 is 22.0. The van der Waals surface area contributed by atoms with Gasteiger partial charge in [-0.05, 0) is 76.6 Å². The Labute approximate surface area is 256 Å². The van der Waals surface area contributed by atoms with Crippen molar-refractivity contribution in [2.24, 2.45) is 5.10 Å². The van der Waals surface area contributed by atoms with E-state index in [1.807, 2.05) is 0 Å². The van der Waals surface area contributed by atoms with E-state index in [0.717, 1.165) is 0 Å². The van der Waals surface area contributed by atoms with Crippen LogP contribution in [0.3, 0.4) is 0 Å². The first kappa shape index (κ1) is 30.2. The minimum absolute atomic E-state index is 0.0196. The molecule has 0 unspecified atom stereocenters. The summed E-state index contributed by atoms with van der Waals surface area (Å²) in [5.41, 5.74) is 3.60. The summed E-state index contributed by atoms with van der Waals surface area (Å²) in [5.74, 6) is -1.69. The number of esters is 2. The molecule has 13 heteroatoms. The van der Waals surface area contributed by atoms with Gasteiger partial charge in [0.2, 0.25) is 5.76 Å². The number of anilines is 1. The number of nitrogens with zero attached hydrogens (tertiary/aromatic N) is 1. The first-order valence-electron chi connectivity index (χ1n) is 12.0. The third-order valence-corrected chi connectivity index (χ3v) is 6.43. The van der Waals surface area contributed by atoms with Crippen LogP contribution in [-0.4, -0.2) is 37.1 Å². The predicted octanol–water partition coefficient (Wildman–Crippen LogP) is 5.97. The summed E-state index contributed by atoms with van der Waals surface area (Å²) in [6, 6.07) is 16.9. The number of carbonyl (C=O) groups excluding carboxylic acids is 4. The number of halogens is 2. The molecule has 0 fully saturated rings. The van der Waals surface area contributed by atoms with Gasteiger partial charge in [0.15, 0.2) is 17.2 Å². The molecular weight excluding hydrogens is 678 g/mol. The number of methoxy groups -OCH3 is 1. The Balaban J connectivity index is 1.44. The Morgan fingerprint density at radius 3 is 2.38 bits per heavy atom. The lowest BCUT2D eigenvalue weighted by atomic mass is 10.1. The summed E-state index contributed by atoms with van der Waals surface area (Å²) in [5, 5.41) is 6.71. The minimum Gasteiger partial charge on any atom is -0.493 e. The van der Waals surface area contributed by atoms with Crippen molar-refractivity contribution in [1.29, 1.82) is 0 Å². The molecule has 11 nitrogen and oxygen atoms in total. The average Bonchev–Trinajstić information content (AvgIpc) is 3.50. The maximum Gasteiger partial charge on any atom is 0.379 e. The second-order valence-electron chi connectivity index (χ2n) is 8.37. The van der Waals surface area contributed by atoms with Crippen LogP contribution >= 0.6 is 31.9 Å². The Morgan fingerprint density at radius 1 is 0.881 bits per heavy atom. The third-order valence-electron chi connectivity index (χ3n) is 5.39. The van der Waals surface area contributed by atoms with E-state index in [-0.39, 0.29) is 34.1 Å². The molecule has 4 aromatic rings. The van der Waals surface area contributed by atoms with Gasteiger partial charge >= 0.3 is 11.9 Å². The molecule has 1 aromatic heterocycles. The normalized spacial score (nSPS) is 10.7. The fraction of sp³-hybridized carbons (Fsp3) is 0.0690. The summed E-state index contributed by atoms with van der Waals surface area (Å²) in [6.07, 6.45) is 2.67. The molecule has 0 spiro atoms. The number of ether oxygens (including phenoxy) is 3. The SMILES string of the molecule is COc1cc(C(=O)Nc2cccc(C(=O)NN=Cc3cc(Br)cc(Br)c3OC(=O)c3ccco3)c2)ccc1OC(C)=O. The molecule has 0 aliphatic heterocycles. The maximum atomic E-state index is 12.8. The molecule has 2 amide bonds. The second-order valence-corrected chi connectivity index (χ2v) is 10.1. The lowest BCUT2D eigenvalue weighted by Gasteiger charge is -2.11. The van der Waals surface area contributed by atoms with Gasteiger partial charge in [-0.1, -0.05) is 22.0 Å². The average molecular weight is 699 g/mol. The van der Waals surface area contributed by atoms with Crippen LogP contribution in [0.2, 0.25) is 0 Å². The van der Waals surface area contributed by atoms with Gasteiger partial charge in [-0.3, -0.25) is 14.4 Å². The first-order chi connectivity index (χ1) is 20.1. The standard InChI is InChI=1S/C29H21Br2N3O8/c1-16(35)41-23-9-8-18(13-25(23)39-2)27(36)33-21-6-3-5-17(12-21)28(37)34-32-15-19-11-20(30)14-22(31)26(19)42-29(38)24-7-4-10-40-24/h3-15H,1-2H3,(H,33,36)(H,34,37). The van der Waals surface area contributed by atoms with Crippen molar-refractivity contribution in [1.82, 2.24) is 5.43 Å². The van der Waals surface area contributed by atoms with Crippen LogP contribution in [0.5, 0.6) is 17.2 Å². The van der Waals surface area contributed by atoms with E-state index in [2.05, 4.69) is 47.7 Å². The lowest BCUT2D eigenvalue weighted by molar-refractivity contribution is -0.132. The number of nitrogens with one attached hydrogen (secondary N) is 2. The molecule has 0 bridgehead atoms. The number of hydrogen-bond acceptors (Lipinski definition) is 9. The number of furan rings is 1. The fourth-order valence-corrected chi connectivity index (χ4v) is 4.88. The highest BCUT2D eigenvalue weighted by Crippen LogP contribution is 2.33. The van der Waals surface area contributed by atoms with Crippen LogP contribution < -0.4 is 25.0 Å². The molecule has 2 N–H and O–H groups in total. The van der Waals surface area contributed by atoms with E-state index >= 15 is 0 Å². The summed E-state index contributed by atoms with van der Waals surface area (Å²) >= 11 is 6.74. The maximum absolute atomic E-state index is 12.8. The van der Waals surface area contributed by atoms with Crippen LogP contribution in [-0.2, 0) is 4.79 Å². The fourth-order valence-electron chi connectivity index (χ4n) is 3.54. The van der Waals surface area contributed by atoms with E-state index in [4.69, 9.17) is 18.6 Å². The molecule has 214 valence electrons. The molecule has 0 saturated heterocycles. The minimum atomic E-state index is -0.709. The predicted molar refractivity (Wildman–Crippen MR) is 159 cm³/mol. The van der Waals surface area contributed by atoms with Crippen LogP contribution in [0.4, 0.5) is 5.69 Å². The highest BCUT2D eigenvalue weighted by Gasteiger charge is 2.18. The molecular formula is C29H21Br2N3O8. The van der Waals surface area contributed by atoms with Gasteiger partial charge in [0, 0.05) is 33.8 Å². The largest absolute Gasteiger partial charge is 0.493 e. The van der Waals surface area contributed by atoms with Crippen molar-refractivity contribution in [2.75, 3.05) is 12.4 Å². The number of carbonyl (C=O) groups is 4. The van der Waals surface area contributed by atoms with E-state index in [9.17, 15) is 19.2 Å². The second kappa shape index (κ2) is 13.7. The van der Waals surface area contributed by atoms with Gasteiger partial charge in [0.25, 0.3) is 11.8 Å². The highest BCUT2D eigenvalue weighted by atomic mass is 79.9. The van der Waals surface area contributed by atoms with E-state index in [1.165, 1.54) is 56.8 Å². The molecule has 0 aliphatic rings. The van der Waals surface area contributed by atoms with E-state index in [0.29, 0.717) is 20.2 Å². The molecule has 0 aliphatic carbocycles. The summed E-state index contributed by atoms with van der Waals surface area (Å²) in [4.78, 5) is 49.3. The molecule has 1 heterocycles. The number of benzene rings is 3. The number of rotatable bonds is 9. The van der Waals surface area contributed by atoms with Gasteiger partial charge < -0.3 is 23.9 Å². The summed E-state index contributed by atoms with van der Waals surface area (Å²) in [6.45, 7) is 1.26. The topological polar surface area (TPSA) is 146 Å². The lowest BCUT2D eigenvalue weighted by Crippen LogP contribution is -2.18. The number of amides is 2. The Morgan fingerprint density at radius 2 is 1.67 bits per heavy atom. The smallest absolute Gasteiger partial charge is 0.379 e. The van der Waals surface area contributed by atoms with Crippen LogP contribution in [0.25, 0.3) is 0 Å². The molecule has 42 heavy (non-hydrogen) atoms. The molecule has 0 atom stereocenters. The van der Waals surface area contributed by atoms with E-state index in [1.54, 1.807) is 36.4 Å². The van der Waals surface area contributed by atoms with E-state index < -0.39 is 23.8 Å². The zero-order valence-corrected chi connectivity index (χ0v) is 25.1. The molecule has 4 rings (SSSR count). The van der Waals surface area contributed by atoms with Crippen molar-refractivity contribution in [2.45, 2.75) is 6.92 Å². The van der Waals surface area contributed by atoms with Crippen molar-refractivity contribution in [3.05, 3.63) is 104 Å². The third kappa shape index (κ3) is 7.71. The molecule has 0 saturated carbocycles. The monoisotopic (exact) mass is 697 g/mol. The van der Waals surface area contributed by atoms with Gasteiger partial charge in [-0.2, -0.15) is 5.10 Å². The van der Waals surface area contributed by atoms with Gasteiger partial charge in [0.1, 0.15) is 0 Å². The van der Waals surface area contributed by atoms with Crippen molar-refractivity contribution in [3.8, 4) is 17.2 Å². The van der Waals surface area contributed by atoms with Gasteiger partial charge in [-0.15, -0.1) is 0 Å². The Bertz CT molecular complexity index is 1690. The molecule has 0 radical (unpaired) electrons. The zero-order valence-electron chi connectivity index (χ0n) is 22.0. The van der Waals surface area contributed by atoms with Crippen molar-refractivity contribution >= 4 is 67.5 Å². The van der Waals surface area contributed by atoms with Crippen molar-refractivity contribution in [3.63, 3.8) is 0 Å². The van der Waals surface area contributed by atoms with Crippen LogP contribution in [0.1, 0.15) is 43.8 Å². The van der Waals surface area contributed by atoms with Crippen LogP contribution in [0, 0.1) is 0 Å². The first-order valence-corrected chi connectivity index (χ1v) is 13.6. The number of hydrazone groups is 1. The van der Waals surface area contributed by atoms with Gasteiger partial charge in [0.05, 0.1) is 24.1 Å². The number of hydrogen-bond donors (Lipinski definition) is 2. The Kier molecular flexibility index (Phi) is 9.89.